The number of ether oxygens (including phenoxy) is 3. The van der Waals surface area contributed by atoms with E-state index in [2.05, 4.69) is 23.4 Å². The van der Waals surface area contributed by atoms with Crippen LogP contribution < -0.4 is 19.9 Å². The molecule has 160 valence electrons. The monoisotopic (exact) mass is 410 g/mol. The molecular weight excluding hydrogens is 380 g/mol. The summed E-state index contributed by atoms with van der Waals surface area (Å²) < 4.78 is 16.6. The van der Waals surface area contributed by atoms with Crippen LogP contribution in [0.2, 0.25) is 0 Å². The molecule has 0 saturated heterocycles. The summed E-state index contributed by atoms with van der Waals surface area (Å²) in [5.74, 6) is 2.42. The number of amidine groups is 1. The molecule has 0 spiro atoms. The first kappa shape index (κ1) is 22.8. The quantitative estimate of drug-likeness (QED) is 0.346. The fraction of sp³-hybridized carbons (Fsp3) is 0.304. The summed E-state index contributed by atoms with van der Waals surface area (Å²) >= 11 is 0. The lowest BCUT2D eigenvalue weighted by Gasteiger charge is -2.31. The van der Waals surface area contributed by atoms with Crippen LogP contribution in [0, 0.1) is 0 Å². The molecule has 1 unspecified atom stereocenters. The summed E-state index contributed by atoms with van der Waals surface area (Å²) in [7, 11) is 3.21. The summed E-state index contributed by atoms with van der Waals surface area (Å²) in [5, 5.41) is 5.71. The molecule has 0 radical (unpaired) electrons. The minimum Gasteiger partial charge on any atom is -0.497 e. The Morgan fingerprint density at radius 2 is 1.77 bits per heavy atom. The van der Waals surface area contributed by atoms with Gasteiger partial charge in [0, 0.05) is 18.3 Å². The summed E-state index contributed by atoms with van der Waals surface area (Å²) in [5.41, 5.74) is 7.52. The zero-order valence-electron chi connectivity index (χ0n) is 18.0. The van der Waals surface area contributed by atoms with Gasteiger partial charge in [-0.3, -0.25) is 10.0 Å². The molecule has 2 atom stereocenters. The van der Waals surface area contributed by atoms with Crippen molar-refractivity contribution in [3.8, 4) is 17.2 Å². The predicted molar refractivity (Wildman–Crippen MR) is 121 cm³/mol. The maximum Gasteiger partial charge on any atom is 0.143 e. The first-order valence-electron chi connectivity index (χ1n) is 9.58. The molecule has 7 nitrogen and oxygen atoms in total. The van der Waals surface area contributed by atoms with E-state index in [4.69, 9.17) is 19.9 Å². The standard InChI is InChI=1S/C23H30N4O3/c1-16(18(3)30-20-10-8-7-9-11-20)27(25-4)17(2)23(24)26-15-19-12-13-21(28-5)14-22(19)29-6/h7-14,16,18H,2,4,15H2,1,3,5-6H3,(H2,24,26)/t16-,18?/m0/s1. The van der Waals surface area contributed by atoms with Crippen LogP contribution in [0.1, 0.15) is 19.4 Å². The molecule has 0 aliphatic heterocycles. The van der Waals surface area contributed by atoms with E-state index >= 15 is 0 Å². The number of hydrazone groups is 1. The van der Waals surface area contributed by atoms with Crippen molar-refractivity contribution in [1.82, 2.24) is 5.01 Å². The van der Waals surface area contributed by atoms with Crippen molar-refractivity contribution < 1.29 is 14.2 Å². The third-order valence-corrected chi connectivity index (χ3v) is 4.77. The molecule has 2 rings (SSSR count). The molecule has 0 amide bonds. The highest BCUT2D eigenvalue weighted by Gasteiger charge is 2.24. The van der Waals surface area contributed by atoms with Crippen LogP contribution in [0.25, 0.3) is 0 Å². The summed E-state index contributed by atoms with van der Waals surface area (Å²) in [4.78, 5) is 4.46. The molecule has 0 fully saturated rings. The van der Waals surface area contributed by atoms with Gasteiger partial charge in [0.05, 0.1) is 32.5 Å². The Labute approximate surface area is 178 Å². The Hall–Kier alpha value is -3.48. The lowest BCUT2D eigenvalue weighted by Crippen LogP contribution is -2.42. The third kappa shape index (κ3) is 5.76. The normalized spacial score (nSPS) is 13.1. The van der Waals surface area contributed by atoms with E-state index < -0.39 is 0 Å². The highest BCUT2D eigenvalue weighted by molar-refractivity contribution is 5.95. The molecule has 0 bridgehead atoms. The van der Waals surface area contributed by atoms with Crippen LogP contribution in [0.3, 0.4) is 0 Å². The minimum atomic E-state index is -0.191. The number of hydrogen-bond acceptors (Lipinski definition) is 6. The van der Waals surface area contributed by atoms with Crippen LogP contribution in [0.4, 0.5) is 0 Å². The number of para-hydroxylation sites is 1. The lowest BCUT2D eigenvalue weighted by molar-refractivity contribution is 0.117. The van der Waals surface area contributed by atoms with Gasteiger partial charge in [-0.1, -0.05) is 24.8 Å². The molecule has 30 heavy (non-hydrogen) atoms. The highest BCUT2D eigenvalue weighted by Crippen LogP contribution is 2.25. The molecule has 2 aromatic rings. The number of rotatable bonds is 11. The molecular formula is C23H30N4O3. The second-order valence-corrected chi connectivity index (χ2v) is 6.69. The third-order valence-electron chi connectivity index (χ3n) is 4.77. The number of nitrogens with zero attached hydrogens (tertiary/aromatic N) is 3. The van der Waals surface area contributed by atoms with Crippen LogP contribution in [-0.2, 0) is 6.54 Å². The van der Waals surface area contributed by atoms with E-state index in [9.17, 15) is 0 Å². The van der Waals surface area contributed by atoms with Crippen molar-refractivity contribution in [2.75, 3.05) is 14.2 Å². The van der Waals surface area contributed by atoms with E-state index in [1.54, 1.807) is 25.3 Å². The van der Waals surface area contributed by atoms with Gasteiger partial charge in [0.1, 0.15) is 29.2 Å². The fourth-order valence-electron chi connectivity index (χ4n) is 2.83. The van der Waals surface area contributed by atoms with Crippen molar-refractivity contribution >= 4 is 12.6 Å². The molecule has 0 aliphatic carbocycles. The Bertz CT molecular complexity index is 883. The van der Waals surface area contributed by atoms with Gasteiger partial charge in [-0.15, -0.1) is 0 Å². The van der Waals surface area contributed by atoms with Crippen LogP contribution in [0.5, 0.6) is 17.2 Å². The number of benzene rings is 2. The second kappa shape index (κ2) is 10.9. The Morgan fingerprint density at radius 1 is 1.07 bits per heavy atom. The van der Waals surface area contributed by atoms with Crippen molar-refractivity contribution in [3.05, 3.63) is 66.4 Å². The number of hydrogen-bond donors (Lipinski definition) is 1. The molecule has 2 N–H and O–H groups in total. The molecule has 0 saturated carbocycles. The van der Waals surface area contributed by atoms with Crippen LogP contribution >= 0.6 is 0 Å². The first-order valence-corrected chi connectivity index (χ1v) is 9.58. The molecule has 0 aromatic heterocycles. The van der Waals surface area contributed by atoms with E-state index in [0.29, 0.717) is 23.7 Å². The second-order valence-electron chi connectivity index (χ2n) is 6.69. The number of nitrogens with two attached hydrogens (primary N) is 1. The van der Waals surface area contributed by atoms with Gasteiger partial charge in [0.15, 0.2) is 0 Å². The zero-order valence-corrected chi connectivity index (χ0v) is 18.0. The topological polar surface area (TPSA) is 81.7 Å². The molecule has 2 aromatic carbocycles. The van der Waals surface area contributed by atoms with Crippen molar-refractivity contribution in [2.24, 2.45) is 15.8 Å². The van der Waals surface area contributed by atoms with Crippen molar-refractivity contribution in [2.45, 2.75) is 32.5 Å². The Balaban J connectivity index is 2.09. The van der Waals surface area contributed by atoms with Crippen molar-refractivity contribution in [1.29, 1.82) is 0 Å². The van der Waals surface area contributed by atoms with E-state index in [1.165, 1.54) is 0 Å². The highest BCUT2D eigenvalue weighted by atomic mass is 16.5. The molecule has 0 heterocycles. The van der Waals surface area contributed by atoms with Gasteiger partial charge in [-0.05, 0) is 38.1 Å². The van der Waals surface area contributed by atoms with Crippen LogP contribution in [-0.4, -0.2) is 43.9 Å². The minimum absolute atomic E-state index is 0.167. The van der Waals surface area contributed by atoms with Gasteiger partial charge < -0.3 is 19.9 Å². The fourth-order valence-corrected chi connectivity index (χ4v) is 2.83. The zero-order chi connectivity index (χ0) is 22.1. The molecule has 0 aliphatic rings. The van der Waals surface area contributed by atoms with E-state index in [0.717, 1.165) is 11.3 Å². The Morgan fingerprint density at radius 3 is 2.37 bits per heavy atom. The maximum atomic E-state index is 6.19. The van der Waals surface area contributed by atoms with Gasteiger partial charge in [-0.25, -0.2) is 0 Å². The summed E-state index contributed by atoms with van der Waals surface area (Å²) in [6.07, 6.45) is -0.191. The summed E-state index contributed by atoms with van der Waals surface area (Å²) in [6, 6.07) is 15.0. The van der Waals surface area contributed by atoms with Gasteiger partial charge in [0.25, 0.3) is 0 Å². The largest absolute Gasteiger partial charge is 0.497 e. The van der Waals surface area contributed by atoms with Crippen LogP contribution in [0.15, 0.2) is 70.9 Å². The van der Waals surface area contributed by atoms with Gasteiger partial charge in [-0.2, -0.15) is 5.10 Å². The van der Waals surface area contributed by atoms with E-state index in [1.807, 2.05) is 56.3 Å². The number of methoxy groups -OCH3 is 2. The predicted octanol–water partition coefficient (Wildman–Crippen LogP) is 3.85. The van der Waals surface area contributed by atoms with Gasteiger partial charge >= 0.3 is 0 Å². The van der Waals surface area contributed by atoms with Crippen molar-refractivity contribution in [3.63, 3.8) is 0 Å². The average Bonchev–Trinajstić information content (AvgIpc) is 2.78. The number of aliphatic imine (C=N–C) groups is 1. The van der Waals surface area contributed by atoms with Gasteiger partial charge in [0.2, 0.25) is 0 Å². The van der Waals surface area contributed by atoms with E-state index in [-0.39, 0.29) is 18.0 Å². The summed E-state index contributed by atoms with van der Waals surface area (Å²) in [6.45, 7) is 12.0. The average molecular weight is 411 g/mol. The maximum absolute atomic E-state index is 6.19. The Kier molecular flexibility index (Phi) is 8.29. The SMILES string of the molecule is C=NN(C(=C)C(N)=NCc1ccc(OC)cc1OC)[C@@H](C)C(C)Oc1ccccc1. The smallest absolute Gasteiger partial charge is 0.143 e. The lowest BCUT2D eigenvalue weighted by atomic mass is 10.1. The first-order chi connectivity index (χ1) is 14.4. The molecule has 7 heteroatoms.